The van der Waals surface area contributed by atoms with Crippen LogP contribution in [0.25, 0.3) is 11.3 Å². The second kappa shape index (κ2) is 9.85. The van der Waals surface area contributed by atoms with Crippen molar-refractivity contribution in [1.29, 1.82) is 0 Å². The Bertz CT molecular complexity index is 1060. The number of hydrogen-bond donors (Lipinski definition) is 1. The van der Waals surface area contributed by atoms with E-state index < -0.39 is 0 Å². The maximum atomic E-state index is 14.3. The first-order chi connectivity index (χ1) is 15.5. The third-order valence-electron chi connectivity index (χ3n) is 5.72. The van der Waals surface area contributed by atoms with E-state index >= 15 is 0 Å². The Hall–Kier alpha value is -3.35. The Labute approximate surface area is 187 Å². The van der Waals surface area contributed by atoms with Crippen LogP contribution in [0.4, 0.5) is 10.1 Å². The summed E-state index contributed by atoms with van der Waals surface area (Å²) >= 11 is 0. The van der Waals surface area contributed by atoms with Gasteiger partial charge in [-0.1, -0.05) is 6.07 Å². The fourth-order valence-corrected chi connectivity index (χ4v) is 4.01. The summed E-state index contributed by atoms with van der Waals surface area (Å²) in [6.07, 6.45) is 4.17. The molecule has 1 aliphatic heterocycles. The lowest BCUT2D eigenvalue weighted by molar-refractivity contribution is -0.121. The topological polar surface area (TPSA) is 67.6 Å². The number of nitrogens with zero attached hydrogens (tertiary/aromatic N) is 2. The maximum Gasteiger partial charge on any atom is 0.220 e. The highest BCUT2D eigenvalue weighted by molar-refractivity contribution is 5.76. The molecule has 1 aliphatic rings. The van der Waals surface area contributed by atoms with E-state index in [0.717, 1.165) is 36.3 Å². The fourth-order valence-electron chi connectivity index (χ4n) is 4.01. The normalized spacial score (nSPS) is 16.1. The van der Waals surface area contributed by atoms with Crippen molar-refractivity contribution >= 4 is 11.6 Å². The Kier molecular flexibility index (Phi) is 6.73. The average molecular weight is 438 g/mol. The summed E-state index contributed by atoms with van der Waals surface area (Å²) in [7, 11) is 1.62. The summed E-state index contributed by atoms with van der Waals surface area (Å²) in [6.45, 7) is 3.35. The number of ether oxygens (including phenoxy) is 1. The SMILES string of the molecule is COc1ccc(-c2cnc(CCC(=O)NC3CCCN(c4cc(C)ccc4F)C3)o2)cc1. The van der Waals surface area contributed by atoms with Gasteiger partial charge in [-0.15, -0.1) is 0 Å². The number of benzene rings is 2. The molecule has 0 bridgehead atoms. The van der Waals surface area contributed by atoms with Crippen molar-refractivity contribution in [3.63, 3.8) is 0 Å². The van der Waals surface area contributed by atoms with Crippen molar-refractivity contribution in [3.05, 3.63) is 65.9 Å². The Balaban J connectivity index is 1.29. The smallest absolute Gasteiger partial charge is 0.220 e. The number of oxazole rings is 1. The van der Waals surface area contributed by atoms with E-state index in [1.54, 1.807) is 19.4 Å². The van der Waals surface area contributed by atoms with Crippen molar-refractivity contribution in [1.82, 2.24) is 10.3 Å². The monoisotopic (exact) mass is 437 g/mol. The van der Waals surface area contributed by atoms with Crippen LogP contribution in [0.1, 0.15) is 30.7 Å². The van der Waals surface area contributed by atoms with Crippen molar-refractivity contribution in [2.45, 2.75) is 38.6 Å². The molecule has 6 nitrogen and oxygen atoms in total. The first-order valence-corrected chi connectivity index (χ1v) is 10.9. The van der Waals surface area contributed by atoms with Gasteiger partial charge in [0.25, 0.3) is 0 Å². The summed E-state index contributed by atoms with van der Waals surface area (Å²) in [5.41, 5.74) is 2.53. The van der Waals surface area contributed by atoms with Crippen LogP contribution in [-0.2, 0) is 11.2 Å². The van der Waals surface area contributed by atoms with Gasteiger partial charge in [0, 0.05) is 37.5 Å². The highest BCUT2D eigenvalue weighted by Crippen LogP contribution is 2.25. The zero-order valence-electron chi connectivity index (χ0n) is 18.4. The van der Waals surface area contributed by atoms with Gasteiger partial charge in [-0.2, -0.15) is 0 Å². The number of rotatable bonds is 7. The minimum absolute atomic E-state index is 0.00409. The predicted octanol–water partition coefficient (Wildman–Crippen LogP) is 4.52. The summed E-state index contributed by atoms with van der Waals surface area (Å²) in [5, 5.41) is 3.09. The van der Waals surface area contributed by atoms with Crippen molar-refractivity contribution in [2.24, 2.45) is 0 Å². The molecule has 1 atom stereocenters. The van der Waals surface area contributed by atoms with Crippen molar-refractivity contribution < 1.29 is 18.3 Å². The standard InChI is InChI=1S/C25H28FN3O3/c1-17-5-10-21(26)22(14-17)29-13-3-4-19(16-29)28-24(30)11-12-25-27-15-23(32-25)18-6-8-20(31-2)9-7-18/h5-10,14-15,19H,3-4,11-13,16H2,1-2H3,(H,28,30). The van der Waals surface area contributed by atoms with Gasteiger partial charge in [0.15, 0.2) is 11.7 Å². The number of halogens is 1. The predicted molar refractivity (Wildman–Crippen MR) is 121 cm³/mol. The van der Waals surface area contributed by atoms with Gasteiger partial charge < -0.3 is 19.4 Å². The molecule has 168 valence electrons. The van der Waals surface area contributed by atoms with Crippen LogP contribution in [0.15, 0.2) is 53.1 Å². The van der Waals surface area contributed by atoms with Crippen LogP contribution in [0.5, 0.6) is 5.75 Å². The highest BCUT2D eigenvalue weighted by atomic mass is 19.1. The molecule has 3 aromatic rings. The summed E-state index contributed by atoms with van der Waals surface area (Å²) < 4.78 is 25.2. The Morgan fingerprint density at radius 2 is 2.09 bits per heavy atom. The molecule has 4 rings (SSSR count). The third-order valence-corrected chi connectivity index (χ3v) is 5.72. The Morgan fingerprint density at radius 3 is 2.88 bits per heavy atom. The van der Waals surface area contributed by atoms with Crippen molar-refractivity contribution in [3.8, 4) is 17.1 Å². The highest BCUT2D eigenvalue weighted by Gasteiger charge is 2.23. The van der Waals surface area contributed by atoms with E-state index in [-0.39, 0.29) is 24.2 Å². The Morgan fingerprint density at radius 1 is 1.28 bits per heavy atom. The lowest BCUT2D eigenvalue weighted by Crippen LogP contribution is -2.48. The second-order valence-corrected chi connectivity index (χ2v) is 8.15. The number of anilines is 1. The molecule has 1 unspecified atom stereocenters. The van der Waals surface area contributed by atoms with Gasteiger partial charge in [-0.05, 0) is 61.7 Å². The summed E-state index contributed by atoms with van der Waals surface area (Å²) in [6, 6.07) is 12.7. The number of nitrogens with one attached hydrogen (secondary N) is 1. The van der Waals surface area contributed by atoms with E-state index in [1.165, 1.54) is 6.07 Å². The van der Waals surface area contributed by atoms with Gasteiger partial charge in [0.05, 0.1) is 19.0 Å². The molecule has 2 aromatic carbocycles. The zero-order chi connectivity index (χ0) is 22.5. The van der Waals surface area contributed by atoms with E-state index in [9.17, 15) is 9.18 Å². The largest absolute Gasteiger partial charge is 0.497 e. The van der Waals surface area contributed by atoms with Crippen molar-refractivity contribution in [2.75, 3.05) is 25.1 Å². The number of amides is 1. The van der Waals surface area contributed by atoms with Gasteiger partial charge in [0.2, 0.25) is 5.91 Å². The quantitative estimate of drug-likeness (QED) is 0.589. The number of carbonyl (C=O) groups excluding carboxylic acids is 1. The van der Waals surface area contributed by atoms with Gasteiger partial charge in [-0.25, -0.2) is 9.37 Å². The molecule has 2 heterocycles. The van der Waals surface area contributed by atoms with Gasteiger partial charge in [-0.3, -0.25) is 4.79 Å². The van der Waals surface area contributed by atoms with Gasteiger partial charge in [0.1, 0.15) is 11.6 Å². The molecule has 1 N–H and O–H groups in total. The number of methoxy groups -OCH3 is 1. The molecule has 1 aromatic heterocycles. The van der Waals surface area contributed by atoms with Crippen LogP contribution >= 0.6 is 0 Å². The molecule has 7 heteroatoms. The molecule has 0 aliphatic carbocycles. The second-order valence-electron chi connectivity index (χ2n) is 8.15. The first kappa shape index (κ1) is 21.9. The average Bonchev–Trinajstić information content (AvgIpc) is 3.29. The molecule has 0 spiro atoms. The number of hydrogen-bond acceptors (Lipinski definition) is 5. The van der Waals surface area contributed by atoms with E-state index in [0.29, 0.717) is 30.3 Å². The number of carbonyl (C=O) groups is 1. The van der Waals surface area contributed by atoms with E-state index in [1.807, 2.05) is 42.2 Å². The third kappa shape index (κ3) is 5.28. The maximum absolute atomic E-state index is 14.3. The number of aryl methyl sites for hydroxylation is 2. The molecular formula is C25H28FN3O3. The van der Waals surface area contributed by atoms with Crippen LogP contribution in [0, 0.1) is 12.7 Å². The molecule has 0 radical (unpaired) electrons. The number of aromatic nitrogens is 1. The molecule has 0 saturated carbocycles. The fraction of sp³-hybridized carbons (Fsp3) is 0.360. The molecule has 32 heavy (non-hydrogen) atoms. The molecule has 1 amide bonds. The zero-order valence-corrected chi connectivity index (χ0v) is 18.4. The van der Waals surface area contributed by atoms with Crippen LogP contribution < -0.4 is 15.0 Å². The van der Waals surface area contributed by atoms with Crippen LogP contribution in [0.2, 0.25) is 0 Å². The lowest BCUT2D eigenvalue weighted by atomic mass is 10.0. The molecular weight excluding hydrogens is 409 g/mol. The van der Waals surface area contributed by atoms with E-state index in [2.05, 4.69) is 10.3 Å². The van der Waals surface area contributed by atoms with Gasteiger partial charge >= 0.3 is 0 Å². The lowest BCUT2D eigenvalue weighted by Gasteiger charge is -2.35. The first-order valence-electron chi connectivity index (χ1n) is 10.9. The molecule has 1 saturated heterocycles. The summed E-state index contributed by atoms with van der Waals surface area (Å²) in [4.78, 5) is 18.8. The summed E-state index contributed by atoms with van der Waals surface area (Å²) in [5.74, 6) is 1.69. The minimum Gasteiger partial charge on any atom is -0.497 e. The van der Waals surface area contributed by atoms with E-state index in [4.69, 9.17) is 9.15 Å². The molecule has 1 fully saturated rings. The van der Waals surface area contributed by atoms with Crippen LogP contribution in [-0.4, -0.2) is 37.1 Å². The minimum atomic E-state index is -0.223. The number of piperidine rings is 1. The van der Waals surface area contributed by atoms with Crippen LogP contribution in [0.3, 0.4) is 0 Å².